The summed E-state index contributed by atoms with van der Waals surface area (Å²) in [6.45, 7) is 2.81. The molecule has 0 saturated carbocycles. The van der Waals surface area contributed by atoms with Crippen LogP contribution in [-0.2, 0) is 13.0 Å². The summed E-state index contributed by atoms with van der Waals surface area (Å²) < 4.78 is 15.3. The molecule has 0 aliphatic rings. The van der Waals surface area contributed by atoms with Gasteiger partial charge < -0.3 is 5.11 Å². The van der Waals surface area contributed by atoms with Gasteiger partial charge >= 0.3 is 0 Å². The summed E-state index contributed by atoms with van der Waals surface area (Å²) >= 11 is 3.11. The van der Waals surface area contributed by atoms with Gasteiger partial charge in [0.25, 0.3) is 0 Å². The van der Waals surface area contributed by atoms with Crippen molar-refractivity contribution in [2.75, 3.05) is 0 Å². The number of hydrogen-bond acceptors (Lipinski definition) is 2. The highest BCUT2D eigenvalue weighted by atomic mass is 79.9. The van der Waals surface area contributed by atoms with Gasteiger partial charge in [0.1, 0.15) is 5.82 Å². The minimum Gasteiger partial charge on any atom is -0.388 e. The van der Waals surface area contributed by atoms with E-state index in [2.05, 4.69) is 21.0 Å². The minimum absolute atomic E-state index is 0.329. The Balaban J connectivity index is 2.11. The molecule has 1 heterocycles. The standard InChI is InChI=1S/C13H14BrFN2O/c1-2-17-8-9(7-16-17)5-13(18)10-3-4-12(15)11(14)6-10/h3-4,6-8,13,18H,2,5H2,1H3. The van der Waals surface area contributed by atoms with Crippen LogP contribution in [-0.4, -0.2) is 14.9 Å². The number of rotatable bonds is 4. The van der Waals surface area contributed by atoms with E-state index in [1.54, 1.807) is 18.3 Å². The first-order chi connectivity index (χ1) is 8.60. The zero-order valence-corrected chi connectivity index (χ0v) is 11.6. The number of aliphatic hydroxyl groups is 1. The third-order valence-electron chi connectivity index (χ3n) is 2.77. The molecule has 2 rings (SSSR count). The highest BCUT2D eigenvalue weighted by Gasteiger charge is 2.11. The van der Waals surface area contributed by atoms with Crippen molar-refractivity contribution >= 4 is 15.9 Å². The Hall–Kier alpha value is -1.20. The average molecular weight is 313 g/mol. The van der Waals surface area contributed by atoms with E-state index in [1.165, 1.54) is 6.07 Å². The summed E-state index contributed by atoms with van der Waals surface area (Å²) in [5.41, 5.74) is 1.65. The third-order valence-corrected chi connectivity index (χ3v) is 3.38. The summed E-state index contributed by atoms with van der Waals surface area (Å²) in [6, 6.07) is 4.54. The Bertz CT molecular complexity index is 542. The number of hydrogen-bond donors (Lipinski definition) is 1. The summed E-state index contributed by atoms with van der Waals surface area (Å²) in [6.07, 6.45) is 3.46. The van der Waals surface area contributed by atoms with Crippen molar-refractivity contribution in [3.8, 4) is 0 Å². The molecule has 0 saturated heterocycles. The topological polar surface area (TPSA) is 38.0 Å². The van der Waals surface area contributed by atoms with Crippen LogP contribution in [0.1, 0.15) is 24.2 Å². The second kappa shape index (κ2) is 5.63. The molecule has 0 spiro atoms. The Morgan fingerprint density at radius 1 is 1.50 bits per heavy atom. The summed E-state index contributed by atoms with van der Waals surface area (Å²) in [5, 5.41) is 14.2. The molecule has 1 aromatic heterocycles. The third kappa shape index (κ3) is 2.97. The van der Waals surface area contributed by atoms with Gasteiger partial charge in [0.2, 0.25) is 0 Å². The molecule has 0 bridgehead atoms. The van der Waals surface area contributed by atoms with E-state index in [9.17, 15) is 9.50 Å². The molecule has 1 N–H and O–H groups in total. The highest BCUT2D eigenvalue weighted by molar-refractivity contribution is 9.10. The molecule has 2 aromatic rings. The van der Waals surface area contributed by atoms with E-state index in [0.717, 1.165) is 12.1 Å². The van der Waals surface area contributed by atoms with Crippen LogP contribution in [0.15, 0.2) is 35.1 Å². The number of aliphatic hydroxyl groups excluding tert-OH is 1. The minimum atomic E-state index is -0.656. The molecule has 1 aromatic carbocycles. The van der Waals surface area contributed by atoms with Crippen LogP contribution >= 0.6 is 15.9 Å². The van der Waals surface area contributed by atoms with Crippen LogP contribution in [0, 0.1) is 5.82 Å². The maximum Gasteiger partial charge on any atom is 0.137 e. The molecule has 3 nitrogen and oxygen atoms in total. The lowest BCUT2D eigenvalue weighted by Gasteiger charge is -2.10. The molecule has 0 amide bonds. The summed E-state index contributed by atoms with van der Waals surface area (Å²) in [4.78, 5) is 0. The molecule has 0 aliphatic carbocycles. The molecule has 18 heavy (non-hydrogen) atoms. The summed E-state index contributed by atoms with van der Waals surface area (Å²) in [7, 11) is 0. The van der Waals surface area contributed by atoms with Crippen molar-refractivity contribution in [3.05, 3.63) is 52.0 Å². The number of aromatic nitrogens is 2. The van der Waals surface area contributed by atoms with Gasteiger partial charge in [-0.1, -0.05) is 6.07 Å². The first-order valence-corrected chi connectivity index (χ1v) is 6.53. The first kappa shape index (κ1) is 13.2. The highest BCUT2D eigenvalue weighted by Crippen LogP contribution is 2.23. The van der Waals surface area contributed by atoms with Gasteiger partial charge in [0.05, 0.1) is 16.8 Å². The molecule has 96 valence electrons. The summed E-state index contributed by atoms with van der Waals surface area (Å²) in [5.74, 6) is -0.329. The van der Waals surface area contributed by atoms with E-state index < -0.39 is 6.10 Å². The maximum absolute atomic E-state index is 13.1. The van der Waals surface area contributed by atoms with E-state index >= 15 is 0 Å². The van der Waals surface area contributed by atoms with Gasteiger partial charge in [-0.05, 0) is 46.1 Å². The fourth-order valence-electron chi connectivity index (χ4n) is 1.75. The molecule has 0 aliphatic heterocycles. The monoisotopic (exact) mass is 312 g/mol. The SMILES string of the molecule is CCn1cc(CC(O)c2ccc(F)c(Br)c2)cn1. The van der Waals surface area contributed by atoms with Gasteiger partial charge in [0.15, 0.2) is 0 Å². The van der Waals surface area contributed by atoms with Gasteiger partial charge in [-0.15, -0.1) is 0 Å². The van der Waals surface area contributed by atoms with Crippen LogP contribution in [0.4, 0.5) is 4.39 Å². The van der Waals surface area contributed by atoms with E-state index in [4.69, 9.17) is 0 Å². The molecule has 1 atom stereocenters. The van der Waals surface area contributed by atoms with Crippen LogP contribution in [0.2, 0.25) is 0 Å². The van der Waals surface area contributed by atoms with Crippen molar-refractivity contribution in [2.45, 2.75) is 26.0 Å². The number of aryl methyl sites for hydroxylation is 1. The second-order valence-electron chi connectivity index (χ2n) is 4.10. The zero-order valence-electron chi connectivity index (χ0n) is 9.98. The Morgan fingerprint density at radius 2 is 2.28 bits per heavy atom. The van der Waals surface area contributed by atoms with Gasteiger partial charge in [-0.25, -0.2) is 4.39 Å². The van der Waals surface area contributed by atoms with Crippen molar-refractivity contribution in [2.24, 2.45) is 0 Å². The van der Waals surface area contributed by atoms with Crippen LogP contribution in [0.3, 0.4) is 0 Å². The molecule has 0 radical (unpaired) electrons. The smallest absolute Gasteiger partial charge is 0.137 e. The van der Waals surface area contributed by atoms with Gasteiger partial charge in [-0.2, -0.15) is 5.10 Å². The molecule has 1 unspecified atom stereocenters. The lowest BCUT2D eigenvalue weighted by molar-refractivity contribution is 0.178. The molecule has 5 heteroatoms. The van der Waals surface area contributed by atoms with Crippen LogP contribution in [0.25, 0.3) is 0 Å². The predicted molar refractivity (Wildman–Crippen MR) is 70.7 cm³/mol. The van der Waals surface area contributed by atoms with Crippen molar-refractivity contribution in [1.82, 2.24) is 9.78 Å². The Kier molecular flexibility index (Phi) is 4.14. The number of benzene rings is 1. The molecular formula is C13H14BrFN2O. The fourth-order valence-corrected chi connectivity index (χ4v) is 2.14. The predicted octanol–water partition coefficient (Wildman–Crippen LogP) is 3.08. The van der Waals surface area contributed by atoms with Crippen LogP contribution in [0.5, 0.6) is 0 Å². The number of halogens is 2. The zero-order chi connectivity index (χ0) is 13.1. The lowest BCUT2D eigenvalue weighted by atomic mass is 10.0. The van der Waals surface area contributed by atoms with Gasteiger partial charge in [0, 0.05) is 19.2 Å². The Labute approximate surface area is 113 Å². The van der Waals surface area contributed by atoms with E-state index in [1.807, 2.05) is 17.8 Å². The normalized spacial score (nSPS) is 12.7. The average Bonchev–Trinajstić information content (AvgIpc) is 2.80. The number of nitrogens with zero attached hydrogens (tertiary/aromatic N) is 2. The molecule has 0 fully saturated rings. The Morgan fingerprint density at radius 3 is 2.89 bits per heavy atom. The first-order valence-electron chi connectivity index (χ1n) is 5.74. The molecular weight excluding hydrogens is 299 g/mol. The maximum atomic E-state index is 13.1. The quantitative estimate of drug-likeness (QED) is 0.942. The van der Waals surface area contributed by atoms with E-state index in [0.29, 0.717) is 16.5 Å². The second-order valence-corrected chi connectivity index (χ2v) is 4.95. The van der Waals surface area contributed by atoms with Crippen LogP contribution < -0.4 is 0 Å². The largest absolute Gasteiger partial charge is 0.388 e. The van der Waals surface area contributed by atoms with E-state index in [-0.39, 0.29) is 5.82 Å². The van der Waals surface area contributed by atoms with Gasteiger partial charge in [-0.3, -0.25) is 4.68 Å². The van der Waals surface area contributed by atoms with Crippen molar-refractivity contribution in [1.29, 1.82) is 0 Å². The fraction of sp³-hybridized carbons (Fsp3) is 0.308. The van der Waals surface area contributed by atoms with Crippen molar-refractivity contribution < 1.29 is 9.50 Å². The van der Waals surface area contributed by atoms with Crippen molar-refractivity contribution in [3.63, 3.8) is 0 Å². The lowest BCUT2D eigenvalue weighted by Crippen LogP contribution is -2.01.